The Morgan fingerprint density at radius 2 is 2.06 bits per heavy atom. The molecule has 1 aliphatic carbocycles. The van der Waals surface area contributed by atoms with Crippen molar-refractivity contribution in [2.45, 2.75) is 25.9 Å². The van der Waals surface area contributed by atoms with Crippen LogP contribution in [0.2, 0.25) is 0 Å². The maximum Gasteiger partial charge on any atom is 0.167 e. The third-order valence-electron chi connectivity index (χ3n) is 5.89. The van der Waals surface area contributed by atoms with E-state index in [1.807, 2.05) is 15.8 Å². The standard InChI is InChI=1S/C21H19N9O/c22-19-16(11-31)20(28-5-6-29-18(10-28)24-12-26-29)27-21-15(9-25-30(19)21)14-7-13-3-1-2-4-17(13)23-8-14/h1,3,7-9,11-12H,2,4-6,10,22H2. The average molecular weight is 413 g/mol. The van der Waals surface area contributed by atoms with E-state index in [4.69, 9.17) is 10.7 Å². The number of nitrogen functional groups attached to an aromatic ring is 1. The van der Waals surface area contributed by atoms with Gasteiger partial charge in [0, 0.05) is 29.6 Å². The van der Waals surface area contributed by atoms with Crippen LogP contribution in [-0.4, -0.2) is 47.2 Å². The number of nitrogens with zero attached hydrogens (tertiary/aromatic N) is 8. The average Bonchev–Trinajstić information content (AvgIpc) is 3.45. The van der Waals surface area contributed by atoms with Gasteiger partial charge in [-0.15, -0.1) is 0 Å². The van der Waals surface area contributed by atoms with E-state index >= 15 is 0 Å². The molecule has 1 aliphatic heterocycles. The molecule has 4 aromatic rings. The number of aromatic nitrogens is 7. The lowest BCUT2D eigenvalue weighted by Gasteiger charge is -2.29. The van der Waals surface area contributed by atoms with Crippen molar-refractivity contribution in [2.75, 3.05) is 17.2 Å². The summed E-state index contributed by atoms with van der Waals surface area (Å²) in [4.78, 5) is 27.7. The minimum atomic E-state index is 0.263. The summed E-state index contributed by atoms with van der Waals surface area (Å²) in [5.74, 6) is 1.61. The van der Waals surface area contributed by atoms with Gasteiger partial charge in [-0.3, -0.25) is 9.78 Å². The number of hydrogen-bond acceptors (Lipinski definition) is 8. The van der Waals surface area contributed by atoms with Crippen LogP contribution in [0.25, 0.3) is 22.9 Å². The summed E-state index contributed by atoms with van der Waals surface area (Å²) in [5, 5.41) is 8.62. The van der Waals surface area contributed by atoms with Crippen molar-refractivity contribution in [1.82, 2.24) is 34.3 Å². The highest BCUT2D eigenvalue weighted by Crippen LogP contribution is 2.32. The van der Waals surface area contributed by atoms with Gasteiger partial charge in [0.25, 0.3) is 0 Å². The van der Waals surface area contributed by atoms with Crippen LogP contribution in [0.4, 0.5) is 11.6 Å². The maximum absolute atomic E-state index is 11.9. The second-order valence-electron chi connectivity index (χ2n) is 7.67. The van der Waals surface area contributed by atoms with Crippen LogP contribution in [0.5, 0.6) is 0 Å². The number of fused-ring (bicyclic) bond motifs is 3. The topological polar surface area (TPSA) is 120 Å². The largest absolute Gasteiger partial charge is 0.383 e. The van der Waals surface area contributed by atoms with Crippen molar-refractivity contribution < 1.29 is 4.79 Å². The fourth-order valence-corrected chi connectivity index (χ4v) is 4.26. The van der Waals surface area contributed by atoms with Crippen molar-refractivity contribution in [3.05, 3.63) is 53.5 Å². The van der Waals surface area contributed by atoms with Crippen molar-refractivity contribution in [3.63, 3.8) is 0 Å². The van der Waals surface area contributed by atoms with Gasteiger partial charge in [0.1, 0.15) is 23.8 Å². The normalized spacial score (nSPS) is 15.2. The summed E-state index contributed by atoms with van der Waals surface area (Å²) < 4.78 is 3.37. The molecule has 31 heavy (non-hydrogen) atoms. The van der Waals surface area contributed by atoms with E-state index in [2.05, 4.69) is 38.4 Å². The Labute approximate surface area is 177 Å². The number of rotatable bonds is 3. The Morgan fingerprint density at radius 1 is 1.13 bits per heavy atom. The van der Waals surface area contributed by atoms with Gasteiger partial charge in [0.05, 0.1) is 24.8 Å². The number of nitrogens with two attached hydrogens (primary N) is 1. The second-order valence-corrected chi connectivity index (χ2v) is 7.67. The molecule has 4 aromatic heterocycles. The fraction of sp³-hybridized carbons (Fsp3) is 0.238. The predicted molar refractivity (Wildman–Crippen MR) is 114 cm³/mol. The smallest absolute Gasteiger partial charge is 0.167 e. The van der Waals surface area contributed by atoms with Gasteiger partial charge in [0.2, 0.25) is 0 Å². The molecule has 10 heteroatoms. The van der Waals surface area contributed by atoms with Gasteiger partial charge in [0.15, 0.2) is 11.9 Å². The SMILES string of the molecule is Nc1c(C=O)c(N2CCn3ncnc3C2)nc2c(-c3cnc4c(c3)C=CCC4)cnn12. The molecule has 2 aliphatic rings. The molecule has 2 N–H and O–H groups in total. The van der Waals surface area contributed by atoms with E-state index in [9.17, 15) is 4.79 Å². The summed E-state index contributed by atoms with van der Waals surface area (Å²) in [6, 6.07) is 2.10. The molecule has 0 unspecified atom stereocenters. The number of anilines is 2. The molecule has 6 rings (SSSR count). The van der Waals surface area contributed by atoms with Gasteiger partial charge in [-0.05, 0) is 24.5 Å². The van der Waals surface area contributed by atoms with E-state index in [0.29, 0.717) is 36.7 Å². The molecular formula is C21H19N9O. The van der Waals surface area contributed by atoms with Gasteiger partial charge >= 0.3 is 0 Å². The number of pyridine rings is 1. The van der Waals surface area contributed by atoms with Crippen LogP contribution < -0.4 is 10.6 Å². The van der Waals surface area contributed by atoms with Crippen LogP contribution in [-0.2, 0) is 19.5 Å². The van der Waals surface area contributed by atoms with Crippen LogP contribution in [0.3, 0.4) is 0 Å². The molecule has 0 bridgehead atoms. The van der Waals surface area contributed by atoms with Crippen molar-refractivity contribution >= 4 is 29.6 Å². The number of allylic oxidation sites excluding steroid dienone is 1. The molecule has 0 atom stereocenters. The van der Waals surface area contributed by atoms with Crippen LogP contribution in [0, 0.1) is 0 Å². The molecule has 0 saturated carbocycles. The first-order chi connectivity index (χ1) is 15.2. The fourth-order valence-electron chi connectivity index (χ4n) is 4.26. The zero-order chi connectivity index (χ0) is 20.9. The van der Waals surface area contributed by atoms with E-state index in [-0.39, 0.29) is 5.82 Å². The lowest BCUT2D eigenvalue weighted by Crippen LogP contribution is -2.35. The highest BCUT2D eigenvalue weighted by atomic mass is 16.1. The Bertz CT molecular complexity index is 1370. The maximum atomic E-state index is 11.9. The number of aryl methyl sites for hydroxylation is 1. The molecule has 0 fully saturated rings. The first-order valence-corrected chi connectivity index (χ1v) is 10.1. The summed E-state index contributed by atoms with van der Waals surface area (Å²) in [6.07, 6.45) is 12.1. The summed E-state index contributed by atoms with van der Waals surface area (Å²) in [7, 11) is 0. The predicted octanol–water partition coefficient (Wildman–Crippen LogP) is 1.76. The lowest BCUT2D eigenvalue weighted by molar-refractivity contribution is 0.112. The minimum Gasteiger partial charge on any atom is -0.383 e. The van der Waals surface area contributed by atoms with Crippen molar-refractivity contribution in [3.8, 4) is 11.1 Å². The first kappa shape index (κ1) is 17.8. The third kappa shape index (κ3) is 2.71. The molecule has 0 aromatic carbocycles. The molecule has 0 radical (unpaired) electrons. The van der Waals surface area contributed by atoms with E-state index in [1.54, 1.807) is 6.20 Å². The van der Waals surface area contributed by atoms with Crippen LogP contribution in [0.1, 0.15) is 33.9 Å². The Hall–Kier alpha value is -4.08. The Morgan fingerprint density at radius 3 is 2.97 bits per heavy atom. The minimum absolute atomic E-state index is 0.263. The zero-order valence-corrected chi connectivity index (χ0v) is 16.6. The monoisotopic (exact) mass is 413 g/mol. The van der Waals surface area contributed by atoms with Crippen LogP contribution in [0.15, 0.2) is 30.9 Å². The number of aldehydes is 1. The molecule has 154 valence electrons. The molecule has 5 heterocycles. The zero-order valence-electron chi connectivity index (χ0n) is 16.6. The molecule has 0 saturated heterocycles. The lowest BCUT2D eigenvalue weighted by atomic mass is 10.00. The highest BCUT2D eigenvalue weighted by molar-refractivity contribution is 5.92. The number of hydrogen-bond donors (Lipinski definition) is 1. The number of carbonyl (C=O) groups is 1. The molecule has 10 nitrogen and oxygen atoms in total. The quantitative estimate of drug-likeness (QED) is 0.505. The van der Waals surface area contributed by atoms with Crippen molar-refractivity contribution in [1.29, 1.82) is 0 Å². The summed E-state index contributed by atoms with van der Waals surface area (Å²) >= 11 is 0. The number of carbonyl (C=O) groups excluding carboxylic acids is 1. The molecular weight excluding hydrogens is 394 g/mol. The van der Waals surface area contributed by atoms with Crippen LogP contribution >= 0.6 is 0 Å². The van der Waals surface area contributed by atoms with Crippen molar-refractivity contribution in [2.24, 2.45) is 0 Å². The highest BCUT2D eigenvalue weighted by Gasteiger charge is 2.25. The first-order valence-electron chi connectivity index (χ1n) is 10.1. The van der Waals surface area contributed by atoms with Gasteiger partial charge in [-0.25, -0.2) is 14.6 Å². The van der Waals surface area contributed by atoms with E-state index in [1.165, 1.54) is 10.8 Å². The summed E-state index contributed by atoms with van der Waals surface area (Å²) in [6.45, 7) is 1.81. The van der Waals surface area contributed by atoms with Gasteiger partial charge in [-0.1, -0.05) is 12.2 Å². The Kier molecular flexibility index (Phi) is 3.85. The van der Waals surface area contributed by atoms with Gasteiger partial charge < -0.3 is 10.6 Å². The Balaban J connectivity index is 1.50. The van der Waals surface area contributed by atoms with E-state index < -0.39 is 0 Å². The van der Waals surface area contributed by atoms with Gasteiger partial charge in [-0.2, -0.15) is 14.7 Å². The molecule has 0 amide bonds. The third-order valence-corrected chi connectivity index (χ3v) is 5.89. The second kappa shape index (κ2) is 6.73. The molecule has 0 spiro atoms. The summed E-state index contributed by atoms with van der Waals surface area (Å²) in [5.41, 5.74) is 11.2. The van der Waals surface area contributed by atoms with E-state index in [0.717, 1.165) is 47.3 Å².